The number of ether oxygens (including phenoxy) is 2. The number of alkyl halides is 2. The van der Waals surface area contributed by atoms with Gasteiger partial charge in [0.2, 0.25) is 5.91 Å². The number of nitrogens with one attached hydrogen (secondary N) is 3. The summed E-state index contributed by atoms with van der Waals surface area (Å²) in [4.78, 5) is 35.6. The van der Waals surface area contributed by atoms with Crippen molar-refractivity contribution in [3.8, 4) is 5.75 Å². The lowest BCUT2D eigenvalue weighted by atomic mass is 9.86. The average molecular weight is 477 g/mol. The van der Waals surface area contributed by atoms with Crippen molar-refractivity contribution in [2.24, 2.45) is 0 Å². The summed E-state index contributed by atoms with van der Waals surface area (Å²) in [5, 5.41) is 44.8. The van der Waals surface area contributed by atoms with Gasteiger partial charge in [0.1, 0.15) is 24.1 Å². The van der Waals surface area contributed by atoms with Crippen LogP contribution in [0.3, 0.4) is 0 Å². The number of carbonyl (C=O) groups is 3. The van der Waals surface area contributed by atoms with E-state index in [1.165, 1.54) is 31.4 Å². The normalized spacial score (nSPS) is 28.8. The molecule has 1 fully saturated rings. The van der Waals surface area contributed by atoms with Crippen molar-refractivity contribution in [2.75, 3.05) is 19.0 Å². The second kappa shape index (κ2) is 10.7. The predicted molar refractivity (Wildman–Crippen MR) is 107 cm³/mol. The maximum absolute atomic E-state index is 15.1. The topological polar surface area (TPSA) is 187 Å². The molecule has 12 nitrogen and oxygen atoms in total. The quantitative estimate of drug-likeness (QED) is 0.244. The SMILES string of the molecule is COc1ccc(NC(=O)N[C@H]2C(F)C(F)(C(=O)O)O[C@@H]([C@H](O)[C@H](O)CO)[C@@H]2NC(C)=O)cc1. The summed E-state index contributed by atoms with van der Waals surface area (Å²) < 4.78 is 39.7. The highest BCUT2D eigenvalue weighted by Gasteiger charge is 2.63. The Morgan fingerprint density at radius 1 is 1.18 bits per heavy atom. The van der Waals surface area contributed by atoms with Crippen LogP contribution in [0.25, 0.3) is 0 Å². The van der Waals surface area contributed by atoms with Gasteiger partial charge in [-0.25, -0.2) is 14.0 Å². The number of urea groups is 1. The van der Waals surface area contributed by atoms with Crippen molar-refractivity contribution in [3.05, 3.63) is 24.3 Å². The first kappa shape index (κ1) is 26.2. The summed E-state index contributed by atoms with van der Waals surface area (Å²) in [5.41, 5.74) is 0.212. The number of carbonyl (C=O) groups excluding carboxylic acids is 2. The van der Waals surface area contributed by atoms with Gasteiger partial charge in [-0.15, -0.1) is 0 Å². The molecule has 0 aliphatic carbocycles. The molecule has 0 radical (unpaired) electrons. The van der Waals surface area contributed by atoms with Gasteiger partial charge in [-0.05, 0) is 24.3 Å². The number of hydrogen-bond donors (Lipinski definition) is 7. The van der Waals surface area contributed by atoms with Gasteiger partial charge in [-0.3, -0.25) is 4.79 Å². The van der Waals surface area contributed by atoms with Gasteiger partial charge in [-0.1, -0.05) is 0 Å². The lowest BCUT2D eigenvalue weighted by Gasteiger charge is -2.47. The minimum Gasteiger partial charge on any atom is -0.497 e. The number of aliphatic hydroxyl groups excluding tert-OH is 3. The second-order valence-corrected chi connectivity index (χ2v) is 7.25. The van der Waals surface area contributed by atoms with Gasteiger partial charge >= 0.3 is 17.9 Å². The van der Waals surface area contributed by atoms with Gasteiger partial charge in [0.25, 0.3) is 0 Å². The maximum atomic E-state index is 15.1. The first-order valence-corrected chi connectivity index (χ1v) is 9.64. The number of carboxylic acids is 1. The monoisotopic (exact) mass is 477 g/mol. The zero-order valence-corrected chi connectivity index (χ0v) is 17.6. The van der Waals surface area contributed by atoms with Crippen LogP contribution in [0.5, 0.6) is 5.75 Å². The molecule has 2 rings (SSSR count). The van der Waals surface area contributed by atoms with E-state index in [2.05, 4.69) is 15.4 Å². The van der Waals surface area contributed by atoms with Crippen molar-refractivity contribution in [1.82, 2.24) is 10.6 Å². The molecule has 14 heteroatoms. The molecule has 1 heterocycles. The highest BCUT2D eigenvalue weighted by molar-refractivity contribution is 5.90. The fourth-order valence-electron chi connectivity index (χ4n) is 3.29. The minimum atomic E-state index is -4.06. The van der Waals surface area contributed by atoms with Crippen molar-refractivity contribution >= 4 is 23.6 Å². The lowest BCUT2D eigenvalue weighted by Crippen LogP contribution is -2.74. The number of carboxylic acid groups (broad SMARTS) is 1. The standard InChI is InChI=1S/C19H25F2N3O9/c1-8(26)22-12-13(24-18(31)23-9-3-5-10(32-2)6-4-9)16(20)19(21,17(29)30)33-15(12)14(28)11(27)7-25/h3-6,11-16,25,27-28H,7H2,1-2H3,(H,22,26)(H,29,30)(H2,23,24,31)/t11-,12-,13-,14-,15-,16?,19?/m1/s1. The summed E-state index contributed by atoms with van der Waals surface area (Å²) in [7, 11) is 1.42. The number of methoxy groups -OCH3 is 1. The molecule has 184 valence electrons. The molecule has 0 spiro atoms. The minimum absolute atomic E-state index is 0.212. The predicted octanol–water partition coefficient (Wildman–Crippen LogP) is -1.11. The number of aliphatic hydroxyl groups is 3. The van der Waals surface area contributed by atoms with Gasteiger partial charge in [0.05, 0.1) is 25.8 Å². The Labute approximate surface area is 186 Å². The average Bonchev–Trinajstić information content (AvgIpc) is 2.77. The second-order valence-electron chi connectivity index (χ2n) is 7.25. The van der Waals surface area contributed by atoms with Crippen LogP contribution in [0, 0.1) is 0 Å². The van der Waals surface area contributed by atoms with E-state index >= 15 is 8.78 Å². The van der Waals surface area contributed by atoms with Crippen molar-refractivity contribution in [2.45, 2.75) is 49.3 Å². The van der Waals surface area contributed by atoms with E-state index in [0.29, 0.717) is 5.75 Å². The van der Waals surface area contributed by atoms with Gasteiger partial charge in [0, 0.05) is 12.6 Å². The molecule has 33 heavy (non-hydrogen) atoms. The fraction of sp³-hybridized carbons (Fsp3) is 0.526. The van der Waals surface area contributed by atoms with E-state index in [-0.39, 0.29) is 5.69 Å². The molecule has 1 aromatic carbocycles. The molecule has 1 aliphatic rings. The van der Waals surface area contributed by atoms with Crippen LogP contribution in [-0.4, -0.2) is 94.5 Å². The van der Waals surface area contributed by atoms with Gasteiger partial charge in [0.15, 0.2) is 6.17 Å². The molecule has 2 unspecified atom stereocenters. The Morgan fingerprint density at radius 3 is 2.27 bits per heavy atom. The van der Waals surface area contributed by atoms with Crippen molar-refractivity contribution in [3.63, 3.8) is 0 Å². The third kappa shape index (κ3) is 5.84. The van der Waals surface area contributed by atoms with Crippen LogP contribution in [0.15, 0.2) is 24.3 Å². The first-order chi connectivity index (χ1) is 15.4. The molecular formula is C19H25F2N3O9. The Balaban J connectivity index is 2.38. The molecule has 1 saturated heterocycles. The zero-order chi connectivity index (χ0) is 24.9. The zero-order valence-electron chi connectivity index (χ0n) is 17.6. The number of halogens is 2. The molecule has 1 aromatic rings. The number of aliphatic carboxylic acids is 1. The summed E-state index contributed by atoms with van der Waals surface area (Å²) in [6.45, 7) is -0.0581. The van der Waals surface area contributed by atoms with E-state index < -0.39 is 66.9 Å². The van der Waals surface area contributed by atoms with E-state index in [4.69, 9.17) is 9.84 Å². The highest BCUT2D eigenvalue weighted by atomic mass is 19.2. The number of amides is 3. The molecule has 0 saturated carbocycles. The van der Waals surface area contributed by atoms with E-state index in [9.17, 15) is 29.7 Å². The first-order valence-electron chi connectivity index (χ1n) is 9.64. The van der Waals surface area contributed by atoms with E-state index in [1.807, 2.05) is 5.32 Å². The van der Waals surface area contributed by atoms with Crippen LogP contribution in [-0.2, 0) is 14.3 Å². The Hall–Kier alpha value is -3.07. The third-order valence-electron chi connectivity index (χ3n) is 4.94. The molecular weight excluding hydrogens is 452 g/mol. The molecule has 7 atom stereocenters. The van der Waals surface area contributed by atoms with Crippen molar-refractivity contribution < 1.29 is 53.1 Å². The van der Waals surface area contributed by atoms with E-state index in [0.717, 1.165) is 6.92 Å². The van der Waals surface area contributed by atoms with E-state index in [1.54, 1.807) is 0 Å². The fourth-order valence-corrected chi connectivity index (χ4v) is 3.29. The Bertz CT molecular complexity index is 859. The van der Waals surface area contributed by atoms with Crippen LogP contribution in [0.4, 0.5) is 19.3 Å². The van der Waals surface area contributed by atoms with Crippen LogP contribution in [0.1, 0.15) is 6.92 Å². The number of anilines is 1. The summed E-state index contributed by atoms with van der Waals surface area (Å²) in [5.74, 6) is -6.82. The van der Waals surface area contributed by atoms with Crippen LogP contribution >= 0.6 is 0 Å². The highest BCUT2D eigenvalue weighted by Crippen LogP contribution is 2.36. The van der Waals surface area contributed by atoms with Crippen LogP contribution in [0.2, 0.25) is 0 Å². The van der Waals surface area contributed by atoms with Crippen molar-refractivity contribution in [1.29, 1.82) is 0 Å². The van der Waals surface area contributed by atoms with Gasteiger partial charge in [-0.2, -0.15) is 4.39 Å². The summed E-state index contributed by atoms with van der Waals surface area (Å²) >= 11 is 0. The smallest absolute Gasteiger partial charge is 0.372 e. The molecule has 0 aromatic heterocycles. The van der Waals surface area contributed by atoms with Crippen LogP contribution < -0.4 is 20.7 Å². The number of hydrogen-bond acceptors (Lipinski definition) is 8. The lowest BCUT2D eigenvalue weighted by molar-refractivity contribution is -0.277. The Morgan fingerprint density at radius 2 is 1.79 bits per heavy atom. The Kier molecular flexibility index (Phi) is 8.49. The molecule has 7 N–H and O–H groups in total. The summed E-state index contributed by atoms with van der Waals surface area (Å²) in [6.07, 6.45) is -9.25. The molecule has 3 amide bonds. The van der Waals surface area contributed by atoms with Gasteiger partial charge < -0.3 is 45.9 Å². The summed E-state index contributed by atoms with van der Waals surface area (Å²) in [6, 6.07) is 0.951. The third-order valence-corrected chi connectivity index (χ3v) is 4.94. The number of benzene rings is 1. The largest absolute Gasteiger partial charge is 0.497 e. The number of rotatable bonds is 8. The molecule has 1 aliphatic heterocycles. The maximum Gasteiger partial charge on any atom is 0.372 e. The molecule has 0 bridgehead atoms.